The van der Waals surface area contributed by atoms with Crippen LogP contribution in [0.2, 0.25) is 5.02 Å². The Bertz CT molecular complexity index is 2170. The van der Waals surface area contributed by atoms with E-state index in [0.717, 1.165) is 24.3 Å². The highest BCUT2D eigenvalue weighted by Gasteiger charge is 2.61. The van der Waals surface area contributed by atoms with Gasteiger partial charge in [0.1, 0.15) is 28.7 Å². The molecule has 3 aliphatic carbocycles. The zero-order valence-corrected chi connectivity index (χ0v) is 35.6. The highest BCUT2D eigenvalue weighted by atomic mass is 35.5. The molecule has 59 heavy (non-hydrogen) atoms. The number of pyridine rings is 1. The highest BCUT2D eigenvalue weighted by Crippen LogP contribution is 2.57. The van der Waals surface area contributed by atoms with Gasteiger partial charge in [0.15, 0.2) is 12.4 Å². The average Bonchev–Trinajstić information content (AvgIpc) is 3.83. The van der Waals surface area contributed by atoms with Gasteiger partial charge in [0.25, 0.3) is 0 Å². The van der Waals surface area contributed by atoms with E-state index < -0.39 is 65.1 Å². The van der Waals surface area contributed by atoms with Crippen LogP contribution in [0.3, 0.4) is 0 Å². The number of aromatic nitrogens is 2. The number of hydrogen-bond acceptors (Lipinski definition) is 11. The number of allylic oxidation sites excluding steroid dienone is 1. The Labute approximate surface area is 352 Å². The molecule has 0 radical (unpaired) electrons. The van der Waals surface area contributed by atoms with E-state index in [2.05, 4.69) is 20.4 Å². The van der Waals surface area contributed by atoms with Crippen molar-refractivity contribution in [2.75, 3.05) is 13.2 Å². The normalized spacial score (nSPS) is 26.3. The third kappa shape index (κ3) is 9.13. The Morgan fingerprint density at radius 2 is 1.76 bits per heavy atom. The molecule has 4 aliphatic rings. The zero-order chi connectivity index (χ0) is 42.6. The summed E-state index contributed by atoms with van der Waals surface area (Å²) in [5.74, 6) is -2.68. The van der Waals surface area contributed by atoms with Crippen molar-refractivity contribution >= 4 is 63.4 Å². The first-order valence-electron chi connectivity index (χ1n) is 20.3. The first kappa shape index (κ1) is 42.6. The molecule has 2 aromatic heterocycles. The molecule has 15 heteroatoms. The summed E-state index contributed by atoms with van der Waals surface area (Å²) in [6.07, 6.45) is 4.19. The summed E-state index contributed by atoms with van der Waals surface area (Å²) in [6.45, 7) is 13.0. The van der Waals surface area contributed by atoms with Gasteiger partial charge in [-0.25, -0.2) is 14.8 Å². The number of aliphatic carboxylic acids is 2. The van der Waals surface area contributed by atoms with Gasteiger partial charge in [-0.2, -0.15) is 0 Å². The number of esters is 1. The van der Waals surface area contributed by atoms with Crippen LogP contribution in [0, 0.1) is 40.4 Å². The number of carboxylic acids is 2. The molecule has 0 spiro atoms. The minimum Gasteiger partial charge on any atom is -0.488 e. The second-order valence-electron chi connectivity index (χ2n) is 18.3. The molecule has 1 amide bonds. The van der Waals surface area contributed by atoms with E-state index in [1.807, 2.05) is 26.2 Å². The molecule has 4 fully saturated rings. The van der Waals surface area contributed by atoms with Crippen LogP contribution in [0.4, 0.5) is 0 Å². The van der Waals surface area contributed by atoms with Gasteiger partial charge >= 0.3 is 17.9 Å². The van der Waals surface area contributed by atoms with Gasteiger partial charge in [-0.05, 0) is 66.9 Å². The zero-order valence-electron chi connectivity index (χ0n) is 34.1. The van der Waals surface area contributed by atoms with Gasteiger partial charge in [-0.1, -0.05) is 52.3 Å². The second-order valence-corrected chi connectivity index (χ2v) is 19.6. The summed E-state index contributed by atoms with van der Waals surface area (Å²) < 4.78 is 18.1. The molecule has 7 rings (SSSR count). The molecule has 3 saturated carbocycles. The Kier molecular flexibility index (Phi) is 11.9. The van der Waals surface area contributed by atoms with E-state index in [9.17, 15) is 34.2 Å². The van der Waals surface area contributed by atoms with E-state index in [4.69, 9.17) is 35.8 Å². The van der Waals surface area contributed by atoms with Crippen molar-refractivity contribution in [2.24, 2.45) is 40.4 Å². The molecule has 3 heterocycles. The number of halogens is 1. The van der Waals surface area contributed by atoms with Crippen molar-refractivity contribution in [3.8, 4) is 22.9 Å². The number of ether oxygens (including phenoxy) is 3. The largest absolute Gasteiger partial charge is 0.488 e. The van der Waals surface area contributed by atoms with Crippen LogP contribution in [-0.4, -0.2) is 86.1 Å². The molecule has 3 unspecified atom stereocenters. The number of hydrogen-bond donors (Lipinski definition) is 2. The molecule has 0 bridgehead atoms. The lowest BCUT2D eigenvalue weighted by atomic mass is 9.77. The van der Waals surface area contributed by atoms with Crippen LogP contribution in [-0.2, 0) is 35.1 Å². The van der Waals surface area contributed by atoms with Gasteiger partial charge < -0.3 is 29.3 Å². The molecule has 316 valence electrons. The molecular weight excluding hydrogens is 798 g/mol. The number of likely N-dealkylation sites (tertiary alicyclic amines) is 1. The van der Waals surface area contributed by atoms with Crippen LogP contribution in [0.15, 0.2) is 36.2 Å². The summed E-state index contributed by atoms with van der Waals surface area (Å²) >= 11 is 8.33. The lowest BCUT2D eigenvalue weighted by Crippen LogP contribution is -2.48. The first-order valence-corrected chi connectivity index (χ1v) is 21.6. The van der Waals surface area contributed by atoms with Crippen LogP contribution < -0.4 is 9.47 Å². The van der Waals surface area contributed by atoms with Crippen LogP contribution in [0.25, 0.3) is 22.3 Å². The Morgan fingerprint density at radius 3 is 2.39 bits per heavy atom. The molecule has 1 saturated heterocycles. The fourth-order valence-electron chi connectivity index (χ4n) is 8.89. The second kappa shape index (κ2) is 16.5. The smallest absolute Gasteiger partial charge is 0.341 e. The van der Waals surface area contributed by atoms with Gasteiger partial charge in [0, 0.05) is 36.1 Å². The predicted octanol–water partition coefficient (Wildman–Crippen LogP) is 7.65. The van der Waals surface area contributed by atoms with Crippen molar-refractivity contribution in [1.82, 2.24) is 14.9 Å². The number of carboxylic acid groups (broad SMARTS) is 2. The van der Waals surface area contributed by atoms with Crippen molar-refractivity contribution in [3.05, 3.63) is 46.3 Å². The van der Waals surface area contributed by atoms with Crippen LogP contribution in [0.1, 0.15) is 84.6 Å². The van der Waals surface area contributed by atoms with E-state index in [-0.39, 0.29) is 60.5 Å². The number of benzene rings is 1. The summed E-state index contributed by atoms with van der Waals surface area (Å²) in [5, 5.41) is 22.8. The highest BCUT2D eigenvalue weighted by molar-refractivity contribution is 7.09. The number of ketones is 1. The number of thiazole rings is 1. The third-order valence-electron chi connectivity index (χ3n) is 12.4. The molecule has 1 aliphatic heterocycles. The third-order valence-corrected chi connectivity index (χ3v) is 13.6. The Balaban J connectivity index is 1.21. The van der Waals surface area contributed by atoms with Crippen molar-refractivity contribution in [3.63, 3.8) is 0 Å². The quantitative estimate of drug-likeness (QED) is 0.100. The average molecular weight is 850 g/mol. The van der Waals surface area contributed by atoms with Crippen LogP contribution in [0.5, 0.6) is 11.5 Å². The number of rotatable bonds is 17. The predicted molar refractivity (Wildman–Crippen MR) is 220 cm³/mol. The topological polar surface area (TPSA) is 183 Å². The number of Topliss-reactive ketones (excluding diaryl/α,β-unsaturated/α-hetero) is 1. The van der Waals surface area contributed by atoms with Gasteiger partial charge in [-0.15, -0.1) is 17.9 Å². The Hall–Kier alpha value is -4.56. The maximum absolute atomic E-state index is 14.8. The van der Waals surface area contributed by atoms with Crippen molar-refractivity contribution in [1.29, 1.82) is 0 Å². The molecule has 3 aromatic rings. The summed E-state index contributed by atoms with van der Waals surface area (Å²) in [5.41, 5.74) is -0.693. The molecule has 1 aromatic carbocycles. The van der Waals surface area contributed by atoms with Crippen LogP contribution >= 0.6 is 22.9 Å². The maximum atomic E-state index is 14.8. The summed E-state index contributed by atoms with van der Waals surface area (Å²) in [7, 11) is 0. The minimum atomic E-state index is -1.29. The Morgan fingerprint density at radius 1 is 1.03 bits per heavy atom. The molecule has 8 atom stereocenters. The molecule has 13 nitrogen and oxygen atoms in total. The standard InChI is InChI=1S/C44H52ClN3O10S/c1-7-25-17-44(25,42(54)55)18-33(49)32-14-27(19-48(32)41(53)29(43(4,5)6)15-38(52)58-26-12-23-11-24(23)13-26)57-35-16-30(31-21-59-36(46-31)10-22(2)3)47-40-28(35)8-9-34(39(40)45)56-20-37(50)51/h7-9,16,21-27,29,32H,1,10-15,17-20H2,2-6H3,(H,50,51)(H,54,55)/t23-,24+,25?,26?,27?,29-,32+,44-/m1/s1. The van der Waals surface area contributed by atoms with E-state index in [0.29, 0.717) is 40.3 Å². The number of carbonyl (C=O) groups excluding carboxylic acids is 3. The summed E-state index contributed by atoms with van der Waals surface area (Å²) in [6, 6.07) is 3.89. The van der Waals surface area contributed by atoms with Crippen molar-refractivity contribution < 1.29 is 48.4 Å². The fourth-order valence-corrected chi connectivity index (χ4v) is 10.2. The molecular formula is C44H52ClN3O10S. The number of carbonyl (C=O) groups is 5. The monoisotopic (exact) mass is 849 g/mol. The van der Waals surface area contributed by atoms with E-state index in [1.165, 1.54) is 28.7 Å². The number of nitrogens with zero attached hydrogens (tertiary/aromatic N) is 3. The minimum absolute atomic E-state index is 0.0181. The number of fused-ring (bicyclic) bond motifs is 2. The first-order chi connectivity index (χ1) is 27.9. The van der Waals surface area contributed by atoms with E-state index in [1.54, 1.807) is 18.2 Å². The lowest BCUT2D eigenvalue weighted by molar-refractivity contribution is -0.157. The maximum Gasteiger partial charge on any atom is 0.341 e. The van der Waals surface area contributed by atoms with Gasteiger partial charge in [-0.3, -0.25) is 19.2 Å². The summed E-state index contributed by atoms with van der Waals surface area (Å²) in [4.78, 5) is 77.4. The van der Waals surface area contributed by atoms with E-state index >= 15 is 0 Å². The van der Waals surface area contributed by atoms with Gasteiger partial charge in [0.2, 0.25) is 5.91 Å². The SMILES string of the molecule is C=CC1C[C@]1(CC(=O)[C@@H]1CC(Oc2cc(-c3csc(CC(C)C)n3)nc3c(Cl)c(OCC(=O)O)ccc23)CN1C(=O)[C@@H](CC(=O)OC1C[C@@H]2C[C@@H]2C1)C(C)(C)C)C(=O)O. The fraction of sp³-hybridized carbons (Fsp3) is 0.568. The number of amides is 1. The van der Waals surface area contributed by atoms with Gasteiger partial charge in [0.05, 0.1) is 52.3 Å². The lowest BCUT2D eigenvalue weighted by Gasteiger charge is -2.35. The molecule has 2 N–H and O–H groups in total. The van der Waals surface area contributed by atoms with Crippen molar-refractivity contribution in [2.45, 2.75) is 104 Å².